The van der Waals surface area contributed by atoms with Crippen LogP contribution in [0.3, 0.4) is 0 Å². The molecule has 1 atom stereocenters. The second-order valence-corrected chi connectivity index (χ2v) is 9.19. The second kappa shape index (κ2) is 6.05. The van der Waals surface area contributed by atoms with Crippen molar-refractivity contribution in [2.24, 2.45) is 17.3 Å². The first-order valence-corrected chi connectivity index (χ1v) is 9.46. The Labute approximate surface area is 136 Å². The largest absolute Gasteiger partial charge is 0.298 e. The molecule has 0 aromatic heterocycles. The molecule has 128 valence electrons. The molecule has 1 saturated heterocycles. The first-order valence-electron chi connectivity index (χ1n) is 9.46. The highest BCUT2D eigenvalue weighted by Crippen LogP contribution is 2.44. The molecule has 0 N–H and O–H groups in total. The number of hydrogen-bond acceptors (Lipinski definition) is 2. The molecule has 3 fully saturated rings. The summed E-state index contributed by atoms with van der Waals surface area (Å²) in [5.41, 5.74) is 0.462. The Bertz CT molecular complexity index is 367. The molecule has 2 aliphatic carbocycles. The number of halogens is 1. The first-order chi connectivity index (χ1) is 10.3. The molecule has 0 aromatic rings. The lowest BCUT2D eigenvalue weighted by Crippen LogP contribution is -2.57. The summed E-state index contributed by atoms with van der Waals surface area (Å²) in [5, 5.41) is 0. The highest BCUT2D eigenvalue weighted by molar-refractivity contribution is 4.94. The maximum atomic E-state index is 14.8. The molecular weight excluding hydrogens is 275 g/mol. The molecule has 2 nitrogen and oxygen atoms in total. The van der Waals surface area contributed by atoms with Gasteiger partial charge in [0.25, 0.3) is 0 Å². The minimum absolute atomic E-state index is 0.307. The molecule has 2 saturated carbocycles. The van der Waals surface area contributed by atoms with Crippen molar-refractivity contribution < 1.29 is 4.39 Å². The van der Waals surface area contributed by atoms with Gasteiger partial charge in [0.05, 0.1) is 0 Å². The lowest BCUT2D eigenvalue weighted by molar-refractivity contribution is -0.0715. The molecule has 22 heavy (non-hydrogen) atoms. The van der Waals surface area contributed by atoms with Gasteiger partial charge in [-0.2, -0.15) is 0 Å². The zero-order chi connectivity index (χ0) is 16.0. The zero-order valence-electron chi connectivity index (χ0n) is 15.1. The van der Waals surface area contributed by atoms with Crippen molar-refractivity contribution in [1.29, 1.82) is 0 Å². The molecule has 3 aliphatic rings. The van der Waals surface area contributed by atoms with Gasteiger partial charge in [0, 0.05) is 38.1 Å². The number of hydrogen-bond donors (Lipinski definition) is 0. The number of alkyl halides is 1. The van der Waals surface area contributed by atoms with E-state index in [1.807, 2.05) is 6.92 Å². The summed E-state index contributed by atoms with van der Waals surface area (Å²) in [4.78, 5) is 4.76. The Morgan fingerprint density at radius 2 is 1.23 bits per heavy atom. The van der Waals surface area contributed by atoms with Gasteiger partial charge in [-0.1, -0.05) is 20.8 Å². The topological polar surface area (TPSA) is 6.48 Å². The summed E-state index contributed by atoms with van der Waals surface area (Å²) in [6, 6.07) is 0.757. The van der Waals surface area contributed by atoms with E-state index >= 15 is 0 Å². The molecule has 0 aromatic carbocycles. The normalized spacial score (nSPS) is 35.3. The third-order valence-corrected chi connectivity index (χ3v) is 6.69. The molecule has 0 bridgehead atoms. The fraction of sp³-hybridized carbons (Fsp3) is 1.00. The maximum Gasteiger partial charge on any atom is 0.164 e. The Morgan fingerprint density at radius 3 is 1.68 bits per heavy atom. The Hall–Kier alpha value is -0.150. The monoisotopic (exact) mass is 310 g/mol. The van der Waals surface area contributed by atoms with Gasteiger partial charge in [0.15, 0.2) is 5.79 Å². The van der Waals surface area contributed by atoms with E-state index in [1.165, 1.54) is 25.7 Å². The van der Waals surface area contributed by atoms with Crippen molar-refractivity contribution in [3.8, 4) is 0 Å². The van der Waals surface area contributed by atoms with Gasteiger partial charge in [-0.15, -0.1) is 0 Å². The summed E-state index contributed by atoms with van der Waals surface area (Å²) < 4.78 is 14.8. The Balaban J connectivity index is 1.46. The van der Waals surface area contributed by atoms with Crippen LogP contribution in [0, 0.1) is 17.3 Å². The van der Waals surface area contributed by atoms with Crippen LogP contribution in [0.5, 0.6) is 0 Å². The summed E-state index contributed by atoms with van der Waals surface area (Å²) in [5.74, 6) is 0.144. The van der Waals surface area contributed by atoms with Crippen molar-refractivity contribution >= 4 is 0 Å². The zero-order valence-corrected chi connectivity index (χ0v) is 15.1. The van der Waals surface area contributed by atoms with Gasteiger partial charge in [-0.25, -0.2) is 4.39 Å². The van der Waals surface area contributed by atoms with Crippen LogP contribution in [0.1, 0.15) is 66.2 Å². The van der Waals surface area contributed by atoms with Gasteiger partial charge in [0.2, 0.25) is 0 Å². The first kappa shape index (κ1) is 16.7. The van der Waals surface area contributed by atoms with E-state index in [0.717, 1.165) is 51.0 Å². The maximum absolute atomic E-state index is 14.8. The second-order valence-electron chi connectivity index (χ2n) is 9.19. The predicted molar refractivity (Wildman–Crippen MR) is 90.6 cm³/mol. The van der Waals surface area contributed by atoms with Crippen molar-refractivity contribution in [2.45, 2.75) is 78.1 Å². The number of nitrogens with zero attached hydrogens (tertiary/aromatic N) is 2. The third kappa shape index (κ3) is 3.51. The summed E-state index contributed by atoms with van der Waals surface area (Å²) in [6.07, 6.45) is 7.61. The van der Waals surface area contributed by atoms with Crippen LogP contribution in [0.4, 0.5) is 4.39 Å². The minimum atomic E-state index is -1.05. The average Bonchev–Trinajstić information content (AvgIpc) is 3.32. The van der Waals surface area contributed by atoms with Crippen LogP contribution in [0.15, 0.2) is 0 Å². The van der Waals surface area contributed by atoms with Gasteiger partial charge in [0.1, 0.15) is 0 Å². The van der Waals surface area contributed by atoms with Gasteiger partial charge in [-0.3, -0.25) is 9.80 Å². The van der Waals surface area contributed by atoms with E-state index in [0.29, 0.717) is 11.3 Å². The van der Waals surface area contributed by atoms with Gasteiger partial charge in [-0.05, 0) is 56.8 Å². The highest BCUT2D eigenvalue weighted by atomic mass is 19.1. The molecular formula is C19H35FN2. The van der Waals surface area contributed by atoms with Gasteiger partial charge >= 0.3 is 0 Å². The van der Waals surface area contributed by atoms with Crippen LogP contribution in [-0.2, 0) is 0 Å². The van der Waals surface area contributed by atoms with Crippen LogP contribution >= 0.6 is 0 Å². The van der Waals surface area contributed by atoms with E-state index < -0.39 is 5.79 Å². The van der Waals surface area contributed by atoms with Crippen LogP contribution in [0.25, 0.3) is 0 Å². The summed E-state index contributed by atoms with van der Waals surface area (Å²) in [6.45, 7) is 12.9. The van der Waals surface area contributed by atoms with E-state index in [4.69, 9.17) is 0 Å². The Morgan fingerprint density at radius 1 is 0.727 bits per heavy atom. The highest BCUT2D eigenvalue weighted by Gasteiger charge is 2.47. The quantitative estimate of drug-likeness (QED) is 0.717. The fourth-order valence-electron chi connectivity index (χ4n) is 4.70. The fourth-order valence-corrected chi connectivity index (χ4v) is 4.70. The lowest BCUT2D eigenvalue weighted by Gasteiger charge is -2.46. The molecule has 1 unspecified atom stereocenters. The number of piperazine rings is 1. The predicted octanol–water partition coefficient (Wildman–Crippen LogP) is 4.30. The van der Waals surface area contributed by atoms with E-state index in [9.17, 15) is 4.39 Å². The molecule has 3 heteroatoms. The summed E-state index contributed by atoms with van der Waals surface area (Å²) >= 11 is 0. The van der Waals surface area contributed by atoms with E-state index in [2.05, 4.69) is 30.6 Å². The van der Waals surface area contributed by atoms with Crippen LogP contribution in [-0.4, -0.2) is 47.8 Å². The molecule has 0 amide bonds. The smallest absolute Gasteiger partial charge is 0.164 e. The van der Waals surface area contributed by atoms with Crippen molar-refractivity contribution in [1.82, 2.24) is 9.80 Å². The molecule has 1 aliphatic heterocycles. The number of rotatable bonds is 3. The molecule has 0 radical (unpaired) electrons. The SMILES string of the molecule is CC(C)(C)C1CCC(N2CCN(C(C)(F)C3CC3)CC2)CC1. The average molecular weight is 311 g/mol. The Kier molecular flexibility index (Phi) is 4.59. The molecule has 1 heterocycles. The van der Waals surface area contributed by atoms with Crippen LogP contribution in [0.2, 0.25) is 0 Å². The van der Waals surface area contributed by atoms with Crippen LogP contribution < -0.4 is 0 Å². The van der Waals surface area contributed by atoms with Crippen molar-refractivity contribution in [3.63, 3.8) is 0 Å². The van der Waals surface area contributed by atoms with E-state index in [1.54, 1.807) is 0 Å². The third-order valence-electron chi connectivity index (χ3n) is 6.69. The summed E-state index contributed by atoms with van der Waals surface area (Å²) in [7, 11) is 0. The lowest BCUT2D eigenvalue weighted by atomic mass is 9.71. The van der Waals surface area contributed by atoms with Gasteiger partial charge < -0.3 is 0 Å². The standard InChI is InChI=1S/C19H35FN2/c1-18(2,3)15-7-9-17(10-8-15)21-11-13-22(14-12-21)19(4,20)16-5-6-16/h15-17H,5-14H2,1-4H3. The minimum Gasteiger partial charge on any atom is -0.298 e. The van der Waals surface area contributed by atoms with E-state index in [-0.39, 0.29) is 0 Å². The molecule has 3 rings (SSSR count). The van der Waals surface area contributed by atoms with Crippen molar-refractivity contribution in [2.75, 3.05) is 26.2 Å². The molecule has 0 spiro atoms. The van der Waals surface area contributed by atoms with Crippen molar-refractivity contribution in [3.05, 3.63) is 0 Å².